The van der Waals surface area contributed by atoms with Crippen molar-refractivity contribution in [2.75, 3.05) is 20.1 Å². The molecule has 0 aromatic carbocycles. The van der Waals surface area contributed by atoms with Crippen LogP contribution in [0.5, 0.6) is 0 Å². The van der Waals surface area contributed by atoms with Crippen molar-refractivity contribution in [2.24, 2.45) is 5.92 Å². The standard InChI is InChI=1S/C14H19N3O2S/c1-16-9-10(8-12(16)18)14(19)17-6-3-2-4-11(17)13-15-5-7-20-13/h5,7,10-11H,2-4,6,8-9H2,1H3/t10-,11-/m0/s1. The molecule has 2 aliphatic heterocycles. The van der Waals surface area contributed by atoms with Gasteiger partial charge in [-0.1, -0.05) is 0 Å². The maximum absolute atomic E-state index is 12.7. The second-order valence-corrected chi connectivity index (χ2v) is 6.52. The number of likely N-dealkylation sites (tertiary alicyclic amines) is 2. The third-order valence-electron chi connectivity index (χ3n) is 4.21. The van der Waals surface area contributed by atoms with Gasteiger partial charge < -0.3 is 9.80 Å². The van der Waals surface area contributed by atoms with E-state index in [1.807, 2.05) is 10.3 Å². The second kappa shape index (κ2) is 5.52. The summed E-state index contributed by atoms with van der Waals surface area (Å²) in [5, 5.41) is 2.98. The summed E-state index contributed by atoms with van der Waals surface area (Å²) in [6.45, 7) is 1.34. The van der Waals surface area contributed by atoms with Crippen molar-refractivity contribution < 1.29 is 9.59 Å². The quantitative estimate of drug-likeness (QED) is 0.833. The van der Waals surface area contributed by atoms with E-state index in [1.165, 1.54) is 0 Å². The van der Waals surface area contributed by atoms with Gasteiger partial charge in [0, 0.05) is 38.1 Å². The zero-order chi connectivity index (χ0) is 14.1. The van der Waals surface area contributed by atoms with Crippen LogP contribution in [0.3, 0.4) is 0 Å². The topological polar surface area (TPSA) is 53.5 Å². The Kier molecular flexibility index (Phi) is 3.74. The number of thiazole rings is 1. The molecule has 6 heteroatoms. The molecule has 0 radical (unpaired) electrons. The highest BCUT2D eigenvalue weighted by atomic mass is 32.1. The molecule has 0 bridgehead atoms. The summed E-state index contributed by atoms with van der Waals surface area (Å²) in [6.07, 6.45) is 5.32. The van der Waals surface area contributed by atoms with Crippen LogP contribution in [0, 0.1) is 5.92 Å². The molecular weight excluding hydrogens is 274 g/mol. The first-order valence-corrected chi connectivity index (χ1v) is 7.98. The van der Waals surface area contributed by atoms with E-state index in [4.69, 9.17) is 0 Å². The van der Waals surface area contributed by atoms with E-state index in [9.17, 15) is 9.59 Å². The van der Waals surface area contributed by atoms with Crippen LogP contribution in [-0.2, 0) is 9.59 Å². The van der Waals surface area contributed by atoms with E-state index in [-0.39, 0.29) is 23.8 Å². The van der Waals surface area contributed by atoms with Crippen LogP contribution < -0.4 is 0 Å². The molecule has 1 aromatic rings. The Balaban J connectivity index is 1.76. The van der Waals surface area contributed by atoms with E-state index in [0.29, 0.717) is 13.0 Å². The molecular formula is C14H19N3O2S. The smallest absolute Gasteiger partial charge is 0.228 e. The zero-order valence-corrected chi connectivity index (χ0v) is 12.4. The molecule has 1 aromatic heterocycles. The predicted molar refractivity (Wildman–Crippen MR) is 76.2 cm³/mol. The zero-order valence-electron chi connectivity index (χ0n) is 11.6. The average molecular weight is 293 g/mol. The summed E-state index contributed by atoms with van der Waals surface area (Å²) in [7, 11) is 1.77. The van der Waals surface area contributed by atoms with Crippen molar-refractivity contribution in [2.45, 2.75) is 31.7 Å². The number of piperidine rings is 1. The first kappa shape index (κ1) is 13.5. The molecule has 3 rings (SSSR count). The van der Waals surface area contributed by atoms with Gasteiger partial charge in [0.05, 0.1) is 12.0 Å². The fraction of sp³-hybridized carbons (Fsp3) is 0.643. The molecule has 5 nitrogen and oxygen atoms in total. The van der Waals surface area contributed by atoms with Crippen LogP contribution in [0.1, 0.15) is 36.7 Å². The molecule has 0 aliphatic carbocycles. The summed E-state index contributed by atoms with van der Waals surface area (Å²) in [5.41, 5.74) is 0. The Morgan fingerprint density at radius 1 is 1.45 bits per heavy atom. The molecule has 0 spiro atoms. The van der Waals surface area contributed by atoms with Gasteiger partial charge in [0.15, 0.2) is 0 Å². The average Bonchev–Trinajstić information content (AvgIpc) is 3.09. The summed E-state index contributed by atoms with van der Waals surface area (Å²) < 4.78 is 0. The van der Waals surface area contributed by atoms with E-state index < -0.39 is 0 Å². The highest BCUT2D eigenvalue weighted by molar-refractivity contribution is 7.09. The number of hydrogen-bond donors (Lipinski definition) is 0. The molecule has 2 amide bonds. The van der Waals surface area contributed by atoms with Crippen LogP contribution in [-0.4, -0.2) is 46.7 Å². The van der Waals surface area contributed by atoms with Crippen LogP contribution in [0.15, 0.2) is 11.6 Å². The first-order chi connectivity index (χ1) is 9.66. The van der Waals surface area contributed by atoms with Crippen molar-refractivity contribution in [3.63, 3.8) is 0 Å². The van der Waals surface area contributed by atoms with Gasteiger partial charge in [-0.3, -0.25) is 9.59 Å². The molecule has 0 saturated carbocycles. The maximum atomic E-state index is 12.7. The van der Waals surface area contributed by atoms with Crippen molar-refractivity contribution in [1.29, 1.82) is 0 Å². The minimum Gasteiger partial charge on any atom is -0.345 e. The highest BCUT2D eigenvalue weighted by Gasteiger charge is 2.38. The molecule has 0 N–H and O–H groups in total. The minimum atomic E-state index is -0.173. The van der Waals surface area contributed by atoms with Gasteiger partial charge in [0.1, 0.15) is 5.01 Å². The van der Waals surface area contributed by atoms with Gasteiger partial charge in [0.2, 0.25) is 11.8 Å². The molecule has 3 heterocycles. The SMILES string of the molecule is CN1C[C@@H](C(=O)N2CCCC[C@H]2c2nccs2)CC1=O. The van der Waals surface area contributed by atoms with Gasteiger partial charge in [-0.2, -0.15) is 0 Å². The number of nitrogens with zero attached hydrogens (tertiary/aromatic N) is 3. The minimum absolute atomic E-state index is 0.0751. The second-order valence-electron chi connectivity index (χ2n) is 5.59. The van der Waals surface area contributed by atoms with Gasteiger partial charge in [-0.05, 0) is 19.3 Å². The number of carbonyl (C=O) groups is 2. The lowest BCUT2D eigenvalue weighted by atomic mass is 9.99. The Labute approximate surface area is 122 Å². The fourth-order valence-corrected chi connectivity index (χ4v) is 3.90. The van der Waals surface area contributed by atoms with Crippen molar-refractivity contribution in [3.05, 3.63) is 16.6 Å². The highest BCUT2D eigenvalue weighted by Crippen LogP contribution is 2.34. The molecule has 0 unspecified atom stereocenters. The van der Waals surface area contributed by atoms with Crippen molar-refractivity contribution in [1.82, 2.24) is 14.8 Å². The molecule has 2 atom stereocenters. The molecule has 20 heavy (non-hydrogen) atoms. The summed E-state index contributed by atoms with van der Waals surface area (Å²) in [4.78, 5) is 32.3. The molecule has 108 valence electrons. The number of amides is 2. The van der Waals surface area contributed by atoms with Crippen LogP contribution in [0.2, 0.25) is 0 Å². The molecule has 2 saturated heterocycles. The Morgan fingerprint density at radius 2 is 2.30 bits per heavy atom. The molecule has 2 aliphatic rings. The van der Waals surface area contributed by atoms with Gasteiger partial charge in [-0.25, -0.2) is 4.98 Å². The van der Waals surface area contributed by atoms with E-state index in [2.05, 4.69) is 4.98 Å². The number of hydrogen-bond acceptors (Lipinski definition) is 4. The predicted octanol–water partition coefficient (Wildman–Crippen LogP) is 1.67. The number of carbonyl (C=O) groups excluding carboxylic acids is 2. The molecule has 2 fully saturated rings. The number of rotatable bonds is 2. The van der Waals surface area contributed by atoms with Crippen LogP contribution in [0.4, 0.5) is 0 Å². The Bertz CT molecular complexity index is 503. The third-order valence-corrected chi connectivity index (χ3v) is 5.09. The van der Waals surface area contributed by atoms with Crippen molar-refractivity contribution >= 4 is 23.2 Å². The third kappa shape index (κ3) is 2.44. The fourth-order valence-electron chi connectivity index (χ4n) is 3.11. The van der Waals surface area contributed by atoms with E-state index in [0.717, 1.165) is 30.8 Å². The van der Waals surface area contributed by atoms with Crippen LogP contribution in [0.25, 0.3) is 0 Å². The lowest BCUT2D eigenvalue weighted by molar-refractivity contribution is -0.139. The first-order valence-electron chi connectivity index (χ1n) is 7.10. The summed E-state index contributed by atoms with van der Waals surface area (Å²) >= 11 is 1.61. The Morgan fingerprint density at radius 3 is 2.95 bits per heavy atom. The largest absolute Gasteiger partial charge is 0.345 e. The summed E-state index contributed by atoms with van der Waals surface area (Å²) in [5.74, 6) is 0.0295. The van der Waals surface area contributed by atoms with Crippen LogP contribution >= 0.6 is 11.3 Å². The summed E-state index contributed by atoms with van der Waals surface area (Å²) in [6, 6.07) is 0.109. The lowest BCUT2D eigenvalue weighted by Crippen LogP contribution is -2.42. The number of aromatic nitrogens is 1. The maximum Gasteiger partial charge on any atom is 0.228 e. The van der Waals surface area contributed by atoms with Gasteiger partial charge in [-0.15, -0.1) is 11.3 Å². The Hall–Kier alpha value is -1.43. The van der Waals surface area contributed by atoms with Gasteiger partial charge in [0.25, 0.3) is 0 Å². The van der Waals surface area contributed by atoms with Gasteiger partial charge >= 0.3 is 0 Å². The lowest BCUT2D eigenvalue weighted by Gasteiger charge is -2.36. The van der Waals surface area contributed by atoms with Crippen molar-refractivity contribution in [3.8, 4) is 0 Å². The monoisotopic (exact) mass is 293 g/mol. The normalized spacial score (nSPS) is 27.1. The van der Waals surface area contributed by atoms with E-state index in [1.54, 1.807) is 29.5 Å². The van der Waals surface area contributed by atoms with E-state index >= 15 is 0 Å².